The van der Waals surface area contributed by atoms with Gasteiger partial charge in [-0.05, 0) is 17.7 Å². The maximum Gasteiger partial charge on any atom is 0.352 e. The molecule has 1 fully saturated rings. The summed E-state index contributed by atoms with van der Waals surface area (Å²) in [5.74, 6) is -1.61. The Labute approximate surface area is 201 Å². The first kappa shape index (κ1) is 22.5. The van der Waals surface area contributed by atoms with Gasteiger partial charge in [-0.3, -0.25) is 9.69 Å². The zero-order chi connectivity index (χ0) is 24.4. The van der Waals surface area contributed by atoms with Crippen LogP contribution in [0.5, 0.6) is 0 Å². The van der Waals surface area contributed by atoms with Crippen molar-refractivity contribution >= 4 is 28.8 Å². The smallest absolute Gasteiger partial charge is 0.352 e. The molecule has 0 saturated carbocycles. The van der Waals surface area contributed by atoms with Crippen molar-refractivity contribution in [3.8, 4) is 0 Å². The lowest BCUT2D eigenvalue weighted by Crippen LogP contribution is -2.50. The van der Waals surface area contributed by atoms with Gasteiger partial charge in [-0.2, -0.15) is 0 Å². The van der Waals surface area contributed by atoms with Crippen LogP contribution >= 0.6 is 0 Å². The minimum atomic E-state index is -1.14. The number of benzene rings is 2. The molecule has 0 spiro atoms. The van der Waals surface area contributed by atoms with Crippen LogP contribution in [-0.4, -0.2) is 67.8 Å². The molecule has 1 aliphatic rings. The number of carbonyl (C=O) groups is 2. The summed E-state index contributed by atoms with van der Waals surface area (Å²) in [6, 6.07) is 17.5. The van der Waals surface area contributed by atoms with E-state index in [1.807, 2.05) is 64.4 Å². The molecule has 5 rings (SSSR count). The van der Waals surface area contributed by atoms with E-state index in [-0.39, 0.29) is 5.69 Å². The van der Waals surface area contributed by atoms with Gasteiger partial charge in [0.15, 0.2) is 0 Å². The van der Waals surface area contributed by atoms with Crippen LogP contribution in [0, 0.1) is 0 Å². The molecule has 4 aromatic rings. The molecule has 2 aromatic heterocycles. The SMILES string of the molecule is O=C(O)c1c(C(C(=O)O)N2CCN(c3ncccn3)CC2)c2ccccc2n1Cc1ccccc1. The number of hydrogen-bond donors (Lipinski definition) is 2. The van der Waals surface area contributed by atoms with Gasteiger partial charge in [-0.25, -0.2) is 14.8 Å². The fourth-order valence-corrected chi connectivity index (χ4v) is 4.86. The van der Waals surface area contributed by atoms with Gasteiger partial charge in [-0.15, -0.1) is 0 Å². The van der Waals surface area contributed by atoms with E-state index in [0.29, 0.717) is 55.1 Å². The Hall–Kier alpha value is -4.24. The molecule has 0 radical (unpaired) electrons. The lowest BCUT2D eigenvalue weighted by molar-refractivity contribution is -0.143. The highest BCUT2D eigenvalue weighted by Gasteiger charge is 2.37. The molecule has 0 aliphatic carbocycles. The standard InChI is InChI=1S/C26H25N5O4/c32-24(33)22(29-13-15-30(16-14-29)26-27-11-6-12-28-26)21-19-9-4-5-10-20(19)31(23(21)25(34)35)17-18-7-2-1-3-8-18/h1-12,22H,13-17H2,(H,32,33)(H,34,35). The van der Waals surface area contributed by atoms with Crippen LogP contribution in [0.3, 0.4) is 0 Å². The zero-order valence-corrected chi connectivity index (χ0v) is 19.0. The molecule has 9 heteroatoms. The van der Waals surface area contributed by atoms with E-state index >= 15 is 0 Å². The number of para-hydroxylation sites is 1. The first-order chi connectivity index (χ1) is 17.0. The Morgan fingerprint density at radius 3 is 2.17 bits per heavy atom. The van der Waals surface area contributed by atoms with Crippen molar-refractivity contribution in [2.24, 2.45) is 0 Å². The van der Waals surface area contributed by atoms with E-state index in [9.17, 15) is 19.8 Å². The summed E-state index contributed by atoms with van der Waals surface area (Å²) in [5, 5.41) is 21.3. The number of carboxylic acids is 2. The van der Waals surface area contributed by atoms with Crippen LogP contribution in [-0.2, 0) is 11.3 Å². The lowest BCUT2D eigenvalue weighted by atomic mass is 10.00. The molecule has 1 unspecified atom stereocenters. The van der Waals surface area contributed by atoms with E-state index < -0.39 is 18.0 Å². The highest BCUT2D eigenvalue weighted by Crippen LogP contribution is 2.36. The zero-order valence-electron chi connectivity index (χ0n) is 19.0. The summed E-state index contributed by atoms with van der Waals surface area (Å²) in [4.78, 5) is 37.7. The molecule has 9 nitrogen and oxygen atoms in total. The Bertz CT molecular complexity index is 1350. The molecule has 2 aromatic carbocycles. The van der Waals surface area contributed by atoms with Crippen LogP contribution in [0.1, 0.15) is 27.7 Å². The summed E-state index contributed by atoms with van der Waals surface area (Å²) in [6.45, 7) is 2.28. The maximum absolute atomic E-state index is 12.7. The van der Waals surface area contributed by atoms with Crippen molar-refractivity contribution in [3.63, 3.8) is 0 Å². The largest absolute Gasteiger partial charge is 0.480 e. The Morgan fingerprint density at radius 2 is 1.51 bits per heavy atom. The van der Waals surface area contributed by atoms with Crippen molar-refractivity contribution in [1.82, 2.24) is 19.4 Å². The number of fused-ring (bicyclic) bond motifs is 1. The quantitative estimate of drug-likeness (QED) is 0.423. The summed E-state index contributed by atoms with van der Waals surface area (Å²) < 4.78 is 1.71. The van der Waals surface area contributed by atoms with E-state index in [1.165, 1.54) is 0 Å². The number of nitrogens with zero attached hydrogens (tertiary/aromatic N) is 5. The average Bonchev–Trinajstić information content (AvgIpc) is 3.19. The van der Waals surface area contributed by atoms with Gasteiger partial charge in [-0.1, -0.05) is 48.5 Å². The predicted octanol–water partition coefficient (Wildman–Crippen LogP) is 3.13. The third-order valence-corrected chi connectivity index (χ3v) is 6.42. The molecule has 35 heavy (non-hydrogen) atoms. The minimum absolute atomic E-state index is 0.0104. The third kappa shape index (κ3) is 4.33. The number of aliphatic carboxylic acids is 1. The van der Waals surface area contributed by atoms with Crippen LogP contribution in [0.4, 0.5) is 5.95 Å². The second-order valence-corrected chi connectivity index (χ2v) is 8.47. The first-order valence-electron chi connectivity index (χ1n) is 11.4. The van der Waals surface area contributed by atoms with E-state index in [0.717, 1.165) is 5.56 Å². The molecule has 1 saturated heterocycles. The second kappa shape index (κ2) is 9.55. The molecular formula is C26H25N5O4. The second-order valence-electron chi connectivity index (χ2n) is 8.47. The summed E-state index contributed by atoms with van der Waals surface area (Å²) in [7, 11) is 0. The number of aromatic nitrogens is 3. The van der Waals surface area contributed by atoms with Gasteiger partial charge in [0.2, 0.25) is 5.95 Å². The Kier molecular flexibility index (Phi) is 6.15. The number of hydrogen-bond acceptors (Lipinski definition) is 6. The Balaban J connectivity index is 1.56. The number of piperazine rings is 1. The van der Waals surface area contributed by atoms with Crippen molar-refractivity contribution in [2.45, 2.75) is 12.6 Å². The highest BCUT2D eigenvalue weighted by molar-refractivity contribution is 6.01. The molecule has 3 heterocycles. The molecule has 1 aliphatic heterocycles. The summed E-state index contributed by atoms with van der Waals surface area (Å²) >= 11 is 0. The first-order valence-corrected chi connectivity index (χ1v) is 11.4. The van der Waals surface area contributed by atoms with Gasteiger partial charge in [0.05, 0.1) is 0 Å². The van der Waals surface area contributed by atoms with E-state index in [1.54, 1.807) is 23.0 Å². The minimum Gasteiger partial charge on any atom is -0.480 e. The number of carboxylic acid groups (broad SMARTS) is 2. The lowest BCUT2D eigenvalue weighted by Gasteiger charge is -2.37. The third-order valence-electron chi connectivity index (χ3n) is 6.42. The van der Waals surface area contributed by atoms with Crippen LogP contribution in [0.2, 0.25) is 0 Å². The van der Waals surface area contributed by atoms with E-state index in [4.69, 9.17) is 0 Å². The molecule has 0 amide bonds. The monoisotopic (exact) mass is 471 g/mol. The van der Waals surface area contributed by atoms with Crippen molar-refractivity contribution in [2.75, 3.05) is 31.1 Å². The summed E-state index contributed by atoms with van der Waals surface area (Å²) in [6.07, 6.45) is 3.35. The molecule has 2 N–H and O–H groups in total. The highest BCUT2D eigenvalue weighted by atomic mass is 16.4. The average molecular weight is 472 g/mol. The van der Waals surface area contributed by atoms with Gasteiger partial charge in [0.1, 0.15) is 11.7 Å². The topological polar surface area (TPSA) is 112 Å². The van der Waals surface area contributed by atoms with Gasteiger partial charge in [0, 0.05) is 61.6 Å². The van der Waals surface area contributed by atoms with Gasteiger partial charge >= 0.3 is 11.9 Å². The molecule has 178 valence electrons. The normalized spacial score (nSPS) is 15.3. The van der Waals surface area contributed by atoms with Gasteiger partial charge in [0.25, 0.3) is 0 Å². The maximum atomic E-state index is 12.7. The number of rotatable bonds is 7. The van der Waals surface area contributed by atoms with Crippen LogP contribution < -0.4 is 4.90 Å². The molecule has 0 bridgehead atoms. The number of anilines is 1. The molecular weight excluding hydrogens is 446 g/mol. The Morgan fingerprint density at radius 1 is 0.857 bits per heavy atom. The predicted molar refractivity (Wildman–Crippen MR) is 131 cm³/mol. The van der Waals surface area contributed by atoms with Gasteiger partial charge < -0.3 is 19.7 Å². The van der Waals surface area contributed by atoms with Crippen LogP contribution in [0.25, 0.3) is 10.9 Å². The fourth-order valence-electron chi connectivity index (χ4n) is 4.86. The summed E-state index contributed by atoms with van der Waals surface area (Å²) in [5.41, 5.74) is 1.97. The fraction of sp³-hybridized carbons (Fsp3) is 0.231. The molecule has 1 atom stereocenters. The number of aromatic carboxylic acids is 1. The van der Waals surface area contributed by atoms with Crippen LogP contribution in [0.15, 0.2) is 73.1 Å². The van der Waals surface area contributed by atoms with E-state index in [2.05, 4.69) is 9.97 Å². The van der Waals surface area contributed by atoms with Crippen molar-refractivity contribution in [1.29, 1.82) is 0 Å². The van der Waals surface area contributed by atoms with Crippen molar-refractivity contribution < 1.29 is 19.8 Å². The van der Waals surface area contributed by atoms with Crippen molar-refractivity contribution in [3.05, 3.63) is 89.9 Å².